The van der Waals surface area contributed by atoms with Crippen LogP contribution in [0.1, 0.15) is 49.9 Å². The average molecular weight is 338 g/mol. The van der Waals surface area contributed by atoms with Gasteiger partial charge in [-0.1, -0.05) is 26.7 Å². The van der Waals surface area contributed by atoms with E-state index in [1.807, 2.05) is 13.8 Å². The van der Waals surface area contributed by atoms with E-state index in [9.17, 15) is 14.4 Å². The third-order valence-corrected chi connectivity index (χ3v) is 2.93. The van der Waals surface area contributed by atoms with Crippen molar-refractivity contribution in [1.82, 2.24) is 0 Å². The number of carbonyl (C=O) groups is 3. The first-order valence-electron chi connectivity index (χ1n) is 7.89. The van der Waals surface area contributed by atoms with E-state index < -0.39 is 12.3 Å². The Labute approximate surface area is 140 Å². The molecule has 7 heteroatoms. The van der Waals surface area contributed by atoms with Crippen LogP contribution in [-0.2, 0) is 9.47 Å². The molecule has 1 aromatic rings. The van der Waals surface area contributed by atoms with E-state index in [1.54, 1.807) is 0 Å². The third kappa shape index (κ3) is 7.13. The molecule has 1 aromatic carbocycles. The van der Waals surface area contributed by atoms with Gasteiger partial charge < -0.3 is 18.9 Å². The number of hydrogen-bond donors (Lipinski definition) is 0. The van der Waals surface area contributed by atoms with Crippen molar-refractivity contribution in [2.24, 2.45) is 0 Å². The molecule has 0 fully saturated rings. The second-order valence-corrected chi connectivity index (χ2v) is 4.93. The van der Waals surface area contributed by atoms with Crippen molar-refractivity contribution in [2.45, 2.75) is 39.5 Å². The largest absolute Gasteiger partial charge is 0.513 e. The van der Waals surface area contributed by atoms with E-state index in [-0.39, 0.29) is 30.3 Å². The Hall–Kier alpha value is -2.57. The molecule has 1 rings (SSSR count). The standard InChI is InChI=1S/C17H22O7/c1-3-5-9-21-16(19)23-14-8-7-13(12-18)11-15(14)24-17(20)22-10-6-4-2/h7-8,11-12H,3-6,9-10H2,1-2H3. The van der Waals surface area contributed by atoms with Gasteiger partial charge in [0.2, 0.25) is 0 Å². The van der Waals surface area contributed by atoms with Crippen LogP contribution in [0.15, 0.2) is 18.2 Å². The molecule has 0 bridgehead atoms. The lowest BCUT2D eigenvalue weighted by atomic mass is 10.2. The summed E-state index contributed by atoms with van der Waals surface area (Å²) in [5.41, 5.74) is 0.262. The van der Waals surface area contributed by atoms with Crippen LogP contribution in [0.3, 0.4) is 0 Å². The summed E-state index contributed by atoms with van der Waals surface area (Å²) in [6.07, 6.45) is 1.90. The summed E-state index contributed by atoms with van der Waals surface area (Å²) >= 11 is 0. The Morgan fingerprint density at radius 2 is 1.46 bits per heavy atom. The number of ether oxygens (including phenoxy) is 4. The van der Waals surface area contributed by atoms with E-state index >= 15 is 0 Å². The van der Waals surface area contributed by atoms with Crippen LogP contribution in [0, 0.1) is 0 Å². The van der Waals surface area contributed by atoms with Gasteiger partial charge >= 0.3 is 12.3 Å². The van der Waals surface area contributed by atoms with Crippen LogP contribution in [-0.4, -0.2) is 31.8 Å². The first kappa shape index (κ1) is 19.5. The summed E-state index contributed by atoms with van der Waals surface area (Å²) in [5.74, 6) is -0.122. The molecular formula is C17H22O7. The maximum atomic E-state index is 11.6. The van der Waals surface area contributed by atoms with Gasteiger partial charge in [-0.2, -0.15) is 0 Å². The average Bonchev–Trinajstić information content (AvgIpc) is 2.57. The molecule has 0 aromatic heterocycles. The van der Waals surface area contributed by atoms with Gasteiger partial charge in [0.15, 0.2) is 11.5 Å². The molecule has 0 aliphatic carbocycles. The summed E-state index contributed by atoms with van der Waals surface area (Å²) in [6, 6.07) is 4.05. The quantitative estimate of drug-likeness (QED) is 0.289. The van der Waals surface area contributed by atoms with E-state index in [0.29, 0.717) is 19.1 Å². The Kier molecular flexibility index (Phi) is 8.96. The molecule has 24 heavy (non-hydrogen) atoms. The van der Waals surface area contributed by atoms with E-state index in [2.05, 4.69) is 0 Å². The van der Waals surface area contributed by atoms with Crippen molar-refractivity contribution in [3.05, 3.63) is 23.8 Å². The van der Waals surface area contributed by atoms with Gasteiger partial charge in [-0.3, -0.25) is 4.79 Å². The molecule has 0 unspecified atom stereocenters. The lowest BCUT2D eigenvalue weighted by Gasteiger charge is -2.11. The van der Waals surface area contributed by atoms with E-state index in [0.717, 1.165) is 12.8 Å². The molecule has 0 heterocycles. The molecule has 0 aliphatic rings. The van der Waals surface area contributed by atoms with Gasteiger partial charge in [0.1, 0.15) is 6.29 Å². The molecule has 132 valence electrons. The molecule has 0 spiro atoms. The highest BCUT2D eigenvalue weighted by molar-refractivity contribution is 5.78. The summed E-state index contributed by atoms with van der Waals surface area (Å²) in [4.78, 5) is 34.1. The van der Waals surface area contributed by atoms with Crippen LogP contribution in [0.2, 0.25) is 0 Å². The predicted octanol–water partition coefficient (Wildman–Crippen LogP) is 4.13. The minimum Gasteiger partial charge on any atom is -0.434 e. The smallest absolute Gasteiger partial charge is 0.434 e. The van der Waals surface area contributed by atoms with Crippen LogP contribution in [0.25, 0.3) is 0 Å². The van der Waals surface area contributed by atoms with Crippen molar-refractivity contribution < 1.29 is 33.3 Å². The lowest BCUT2D eigenvalue weighted by molar-refractivity contribution is 0.0880. The second kappa shape index (κ2) is 11.0. The number of carbonyl (C=O) groups excluding carboxylic acids is 3. The Bertz CT molecular complexity index is 554. The molecule has 7 nitrogen and oxygen atoms in total. The molecule has 0 N–H and O–H groups in total. The predicted molar refractivity (Wildman–Crippen MR) is 85.6 cm³/mol. The maximum absolute atomic E-state index is 11.6. The fourth-order valence-electron chi connectivity index (χ4n) is 1.60. The summed E-state index contributed by atoms with van der Waals surface area (Å²) in [6.45, 7) is 4.37. The van der Waals surface area contributed by atoms with Gasteiger partial charge in [-0.25, -0.2) is 9.59 Å². The van der Waals surface area contributed by atoms with Crippen molar-refractivity contribution >= 4 is 18.6 Å². The van der Waals surface area contributed by atoms with Crippen LogP contribution in [0.4, 0.5) is 9.59 Å². The fourth-order valence-corrected chi connectivity index (χ4v) is 1.60. The first-order valence-corrected chi connectivity index (χ1v) is 7.89. The van der Waals surface area contributed by atoms with Gasteiger partial charge in [0, 0.05) is 5.56 Å². The number of hydrogen-bond acceptors (Lipinski definition) is 7. The SMILES string of the molecule is CCCCOC(=O)Oc1ccc(C=O)cc1OC(=O)OCCCC. The normalized spacial score (nSPS) is 9.92. The van der Waals surface area contributed by atoms with Crippen molar-refractivity contribution in [2.75, 3.05) is 13.2 Å². The van der Waals surface area contributed by atoms with E-state index in [4.69, 9.17) is 18.9 Å². The Balaban J connectivity index is 2.74. The Morgan fingerprint density at radius 3 is 1.96 bits per heavy atom. The van der Waals surface area contributed by atoms with Gasteiger partial charge in [-0.05, 0) is 31.0 Å². The van der Waals surface area contributed by atoms with Crippen LogP contribution in [0.5, 0.6) is 11.5 Å². The van der Waals surface area contributed by atoms with Crippen molar-refractivity contribution in [3.8, 4) is 11.5 Å². The van der Waals surface area contributed by atoms with Gasteiger partial charge in [0.25, 0.3) is 0 Å². The summed E-state index contributed by atoms with van der Waals surface area (Å²) < 4.78 is 19.8. The highest BCUT2D eigenvalue weighted by Crippen LogP contribution is 2.29. The summed E-state index contributed by atoms with van der Waals surface area (Å²) in [7, 11) is 0. The Morgan fingerprint density at radius 1 is 0.917 bits per heavy atom. The summed E-state index contributed by atoms with van der Waals surface area (Å²) in [5, 5.41) is 0. The minimum absolute atomic E-state index is 0.0328. The molecule has 0 saturated heterocycles. The topological polar surface area (TPSA) is 88.1 Å². The third-order valence-electron chi connectivity index (χ3n) is 2.93. The monoisotopic (exact) mass is 338 g/mol. The highest BCUT2D eigenvalue weighted by atomic mass is 16.7. The maximum Gasteiger partial charge on any atom is 0.513 e. The highest BCUT2D eigenvalue weighted by Gasteiger charge is 2.16. The van der Waals surface area contributed by atoms with E-state index in [1.165, 1.54) is 18.2 Å². The molecule has 0 aliphatic heterocycles. The zero-order chi connectivity index (χ0) is 17.8. The van der Waals surface area contributed by atoms with Gasteiger partial charge in [-0.15, -0.1) is 0 Å². The van der Waals surface area contributed by atoms with Crippen LogP contribution < -0.4 is 9.47 Å². The molecular weight excluding hydrogens is 316 g/mol. The second-order valence-electron chi connectivity index (χ2n) is 4.93. The molecule has 0 saturated carbocycles. The number of rotatable bonds is 9. The number of benzene rings is 1. The van der Waals surface area contributed by atoms with Crippen molar-refractivity contribution in [1.29, 1.82) is 0 Å². The zero-order valence-electron chi connectivity index (χ0n) is 13.9. The zero-order valence-corrected chi connectivity index (χ0v) is 13.9. The van der Waals surface area contributed by atoms with Gasteiger partial charge in [0.05, 0.1) is 13.2 Å². The number of aldehydes is 1. The first-order chi connectivity index (χ1) is 11.6. The number of unbranched alkanes of at least 4 members (excludes halogenated alkanes) is 2. The molecule has 0 radical (unpaired) electrons. The van der Waals surface area contributed by atoms with Crippen LogP contribution >= 0.6 is 0 Å². The molecule has 0 amide bonds. The van der Waals surface area contributed by atoms with Crippen molar-refractivity contribution in [3.63, 3.8) is 0 Å². The minimum atomic E-state index is -0.935. The lowest BCUT2D eigenvalue weighted by Crippen LogP contribution is -2.15. The fraction of sp³-hybridized carbons (Fsp3) is 0.471. The molecule has 0 atom stereocenters.